The monoisotopic (exact) mass is 455 g/mol. The molecule has 0 aromatic carbocycles. The van der Waals surface area contributed by atoms with Gasteiger partial charge in [0.15, 0.2) is 0 Å². The minimum Gasteiger partial charge on any atom is -0.379 e. The minimum atomic E-state index is 0.660. The van der Waals surface area contributed by atoms with Gasteiger partial charge in [-0.25, -0.2) is 4.98 Å². The van der Waals surface area contributed by atoms with Gasteiger partial charge in [-0.3, -0.25) is 20.0 Å². The molecule has 8 heteroatoms. The third-order valence-electron chi connectivity index (χ3n) is 6.96. The number of fused-ring (bicyclic) bond motifs is 1. The number of pyridine rings is 3. The van der Waals surface area contributed by atoms with Crippen LogP contribution < -0.4 is 4.90 Å². The number of piperidine rings is 1. The Kier molecular flexibility index (Phi) is 5.68. The molecule has 0 spiro atoms. The molecule has 4 aromatic heterocycles. The van der Waals surface area contributed by atoms with Crippen molar-refractivity contribution in [3.63, 3.8) is 0 Å². The van der Waals surface area contributed by atoms with Crippen molar-refractivity contribution in [1.29, 1.82) is 0 Å². The second-order valence-corrected chi connectivity index (χ2v) is 9.11. The van der Waals surface area contributed by atoms with Gasteiger partial charge >= 0.3 is 0 Å². The van der Waals surface area contributed by atoms with Gasteiger partial charge in [-0.2, -0.15) is 5.10 Å². The Bertz CT molecular complexity index is 1290. The van der Waals surface area contributed by atoms with E-state index in [9.17, 15) is 0 Å². The third kappa shape index (κ3) is 4.15. The molecule has 2 aliphatic rings. The molecule has 174 valence electrons. The van der Waals surface area contributed by atoms with Crippen LogP contribution in [0.1, 0.15) is 18.5 Å². The van der Waals surface area contributed by atoms with Crippen LogP contribution in [0.2, 0.25) is 0 Å². The zero-order valence-corrected chi connectivity index (χ0v) is 19.4. The lowest BCUT2D eigenvalue weighted by molar-refractivity contribution is 0.0115. The molecule has 2 saturated heterocycles. The predicted octanol–water partition coefficient (Wildman–Crippen LogP) is 3.69. The highest BCUT2D eigenvalue weighted by molar-refractivity contribution is 5.84. The predicted molar refractivity (Wildman–Crippen MR) is 133 cm³/mol. The summed E-state index contributed by atoms with van der Waals surface area (Å²) in [5, 5.41) is 7.45. The highest BCUT2D eigenvalue weighted by Crippen LogP contribution is 2.30. The van der Waals surface area contributed by atoms with E-state index in [0.717, 1.165) is 84.5 Å². The number of morpholine rings is 1. The fourth-order valence-electron chi connectivity index (χ4n) is 5.11. The molecule has 8 nitrogen and oxygen atoms in total. The van der Waals surface area contributed by atoms with Crippen LogP contribution in [0.25, 0.3) is 33.7 Å². The van der Waals surface area contributed by atoms with Crippen molar-refractivity contribution >= 4 is 16.7 Å². The maximum absolute atomic E-state index is 5.52. The molecule has 0 amide bonds. The molecular formula is C26H29N7O. The minimum absolute atomic E-state index is 0.660. The molecule has 1 N–H and O–H groups in total. The Morgan fingerprint density at radius 2 is 1.79 bits per heavy atom. The lowest BCUT2D eigenvalue weighted by Gasteiger charge is -2.40. The van der Waals surface area contributed by atoms with E-state index in [1.807, 2.05) is 49.6 Å². The fourth-order valence-corrected chi connectivity index (χ4v) is 5.11. The number of aryl methyl sites for hydroxylation is 1. The number of rotatable bonds is 4. The number of H-pyrrole nitrogens is 1. The molecular weight excluding hydrogens is 426 g/mol. The molecule has 34 heavy (non-hydrogen) atoms. The summed E-state index contributed by atoms with van der Waals surface area (Å²) < 4.78 is 5.52. The van der Waals surface area contributed by atoms with Gasteiger partial charge in [0.25, 0.3) is 0 Å². The molecule has 4 aromatic rings. The molecule has 6 rings (SSSR count). The largest absolute Gasteiger partial charge is 0.379 e. The molecule has 6 heterocycles. The standard InChI is InChI=1S/C26H29N7O/c1-18-3-2-4-24(29-18)26-21(17-28-31-26)22-5-6-23-25(30-22)15-20(16-27-23)32-9-7-19(8-10-32)33-11-13-34-14-12-33/h2-6,15-17,19H,7-14H2,1H3,(H,28,31). The highest BCUT2D eigenvalue weighted by Gasteiger charge is 2.26. The summed E-state index contributed by atoms with van der Waals surface area (Å²) in [4.78, 5) is 19.4. The van der Waals surface area contributed by atoms with Gasteiger partial charge in [0.1, 0.15) is 5.69 Å². The number of nitrogens with zero attached hydrogens (tertiary/aromatic N) is 6. The summed E-state index contributed by atoms with van der Waals surface area (Å²) in [6.45, 7) is 7.91. The van der Waals surface area contributed by atoms with Crippen molar-refractivity contribution in [3.05, 3.63) is 54.5 Å². The topological polar surface area (TPSA) is 83.1 Å². The van der Waals surface area contributed by atoms with Gasteiger partial charge in [-0.1, -0.05) is 6.07 Å². The van der Waals surface area contributed by atoms with E-state index in [4.69, 9.17) is 14.7 Å². The summed E-state index contributed by atoms with van der Waals surface area (Å²) in [6.07, 6.45) is 6.22. The van der Waals surface area contributed by atoms with Crippen molar-refractivity contribution in [2.24, 2.45) is 0 Å². The average Bonchev–Trinajstić information content (AvgIpc) is 3.39. The summed E-state index contributed by atoms with van der Waals surface area (Å²) in [6, 6.07) is 12.8. The zero-order chi connectivity index (χ0) is 22.9. The Hall–Kier alpha value is -3.36. The summed E-state index contributed by atoms with van der Waals surface area (Å²) in [7, 11) is 0. The van der Waals surface area contributed by atoms with Crippen LogP contribution in [-0.4, -0.2) is 75.5 Å². The molecule has 0 bridgehead atoms. The van der Waals surface area contributed by atoms with Gasteiger partial charge in [0.2, 0.25) is 0 Å². The van der Waals surface area contributed by atoms with Crippen LogP contribution in [0, 0.1) is 6.92 Å². The summed E-state index contributed by atoms with van der Waals surface area (Å²) in [5.41, 5.74) is 7.36. The first-order valence-electron chi connectivity index (χ1n) is 12.1. The second kappa shape index (κ2) is 9.12. The number of aromatic amines is 1. The zero-order valence-electron chi connectivity index (χ0n) is 19.4. The summed E-state index contributed by atoms with van der Waals surface area (Å²) in [5.74, 6) is 0. The van der Waals surface area contributed by atoms with E-state index in [1.54, 1.807) is 0 Å². The van der Waals surface area contributed by atoms with Gasteiger partial charge in [-0.15, -0.1) is 0 Å². The first-order chi connectivity index (χ1) is 16.7. The normalized spacial score (nSPS) is 18.0. The van der Waals surface area contributed by atoms with Crippen LogP contribution in [0.5, 0.6) is 0 Å². The van der Waals surface area contributed by atoms with Crippen LogP contribution in [0.4, 0.5) is 5.69 Å². The Morgan fingerprint density at radius 1 is 0.941 bits per heavy atom. The average molecular weight is 456 g/mol. The molecule has 0 radical (unpaired) electrons. The van der Waals surface area contributed by atoms with Crippen LogP contribution in [0.15, 0.2) is 48.8 Å². The summed E-state index contributed by atoms with van der Waals surface area (Å²) >= 11 is 0. The van der Waals surface area contributed by atoms with Crippen molar-refractivity contribution in [2.75, 3.05) is 44.3 Å². The van der Waals surface area contributed by atoms with E-state index in [0.29, 0.717) is 6.04 Å². The molecule has 2 aliphatic heterocycles. The number of anilines is 1. The lowest BCUT2D eigenvalue weighted by Crippen LogP contribution is -2.49. The van der Waals surface area contributed by atoms with Crippen molar-refractivity contribution in [1.82, 2.24) is 30.0 Å². The van der Waals surface area contributed by atoms with Crippen LogP contribution in [0.3, 0.4) is 0 Å². The number of hydrogen-bond donors (Lipinski definition) is 1. The van der Waals surface area contributed by atoms with Gasteiger partial charge in [0.05, 0.1) is 47.5 Å². The maximum Gasteiger partial charge on any atom is 0.120 e. The first-order valence-corrected chi connectivity index (χ1v) is 12.1. The number of aromatic nitrogens is 5. The van der Waals surface area contributed by atoms with Crippen LogP contribution >= 0.6 is 0 Å². The third-order valence-corrected chi connectivity index (χ3v) is 6.96. The maximum atomic E-state index is 5.52. The molecule has 0 atom stereocenters. The molecule has 0 aliphatic carbocycles. The van der Waals surface area contributed by atoms with Crippen molar-refractivity contribution in [3.8, 4) is 22.6 Å². The van der Waals surface area contributed by atoms with Gasteiger partial charge in [-0.05, 0) is 50.1 Å². The first kappa shape index (κ1) is 21.2. The van der Waals surface area contributed by atoms with E-state index in [1.165, 1.54) is 12.8 Å². The second-order valence-electron chi connectivity index (χ2n) is 9.11. The van der Waals surface area contributed by atoms with Gasteiger partial charge < -0.3 is 9.64 Å². The van der Waals surface area contributed by atoms with E-state index in [-0.39, 0.29) is 0 Å². The van der Waals surface area contributed by atoms with Crippen molar-refractivity contribution < 1.29 is 4.74 Å². The van der Waals surface area contributed by atoms with E-state index in [2.05, 4.69) is 31.0 Å². The molecule has 0 saturated carbocycles. The Labute approximate surface area is 199 Å². The molecule has 2 fully saturated rings. The highest BCUT2D eigenvalue weighted by atomic mass is 16.5. The lowest BCUT2D eigenvalue weighted by atomic mass is 10.0. The Morgan fingerprint density at radius 3 is 2.62 bits per heavy atom. The van der Waals surface area contributed by atoms with Gasteiger partial charge in [0, 0.05) is 49.7 Å². The van der Waals surface area contributed by atoms with Crippen molar-refractivity contribution in [2.45, 2.75) is 25.8 Å². The smallest absolute Gasteiger partial charge is 0.120 e. The SMILES string of the molecule is Cc1cccc(-c2n[nH]cc2-c2ccc3ncc(N4CCC(N5CCOCC5)CC4)cc3n2)n1. The quantitative estimate of drug-likeness (QED) is 0.502. The number of hydrogen-bond acceptors (Lipinski definition) is 7. The Balaban J connectivity index is 1.24. The fraction of sp³-hybridized carbons (Fsp3) is 0.385. The number of nitrogens with one attached hydrogen (secondary N) is 1. The van der Waals surface area contributed by atoms with E-state index < -0.39 is 0 Å². The van der Waals surface area contributed by atoms with E-state index >= 15 is 0 Å². The van der Waals surface area contributed by atoms with Crippen LogP contribution in [-0.2, 0) is 4.74 Å². The number of ether oxygens (including phenoxy) is 1. The molecule has 0 unspecified atom stereocenters.